The fourth-order valence-corrected chi connectivity index (χ4v) is 14.2. The number of amides is 1. The number of hydrogen-bond donors (Lipinski definition) is 9. The van der Waals surface area contributed by atoms with E-state index in [9.17, 15) is 9.59 Å². The van der Waals surface area contributed by atoms with E-state index in [0.29, 0.717) is 35.3 Å². The maximum atomic E-state index is 11.8. The molecule has 5 aromatic heterocycles. The number of aromatic amines is 1. The third kappa shape index (κ3) is 31.1. The lowest BCUT2D eigenvalue weighted by atomic mass is 9.89. The highest BCUT2D eigenvalue weighted by atomic mass is 32.1. The van der Waals surface area contributed by atoms with Crippen LogP contribution < -0.4 is 10.1 Å². The average molecular weight is 1660 g/mol. The van der Waals surface area contributed by atoms with E-state index in [-0.39, 0.29) is 17.3 Å². The molecule has 644 valence electrons. The summed E-state index contributed by atoms with van der Waals surface area (Å²) < 4.78 is 20.7. The summed E-state index contributed by atoms with van der Waals surface area (Å²) in [6, 6.07) is 81.5. The van der Waals surface area contributed by atoms with E-state index in [1.165, 1.54) is 122 Å². The summed E-state index contributed by atoms with van der Waals surface area (Å²) in [5, 5.41) is 64.6. The average Bonchev–Trinajstić information content (AvgIpc) is 1.65. The molecule has 0 saturated heterocycles. The topological polar surface area (TPSA) is 239 Å². The van der Waals surface area contributed by atoms with Gasteiger partial charge in [0.05, 0.1) is 11.7 Å². The normalized spacial score (nSPS) is 11.6. The van der Waals surface area contributed by atoms with Gasteiger partial charge in [0.2, 0.25) is 5.91 Å². The zero-order valence-electron chi connectivity index (χ0n) is 75.0. The molecule has 14 nitrogen and oxygen atoms in total. The molecule has 5 unspecified atom stereocenters. The van der Waals surface area contributed by atoms with Crippen molar-refractivity contribution < 1.29 is 58.9 Å². The third-order valence-corrected chi connectivity index (χ3v) is 23.2. The number of nitrogens with one attached hydrogen (secondary N) is 2. The summed E-state index contributed by atoms with van der Waals surface area (Å²) in [5.41, 5.74) is 12.8. The smallest absolute Gasteiger partial charge is 0.316 e. The van der Waals surface area contributed by atoms with Crippen molar-refractivity contribution in [2.24, 2.45) is 10.8 Å². The molecule has 1 amide bonds. The summed E-state index contributed by atoms with van der Waals surface area (Å²) in [5.74, 6) is 3.66. The molecule has 9 N–H and O–H groups in total. The fraction of sp³-hybridized carbons (Fsp3) is 0.359. The number of aromatic nitrogens is 1. The maximum Gasteiger partial charge on any atom is 0.316 e. The van der Waals surface area contributed by atoms with Gasteiger partial charge in [0.15, 0.2) is 0 Å². The SMILES string of the molecule is CCC(C)(C)C(=O)Nc1ccccc1.CCC(C)(C)C(=O)Oc1ccccc1.CCC(C)c1ccc2c(c1)oc1ccccc12.CCC(C)c1ccc2ccoc2c1.CCC(C)c1ccc2sccc2c1.CCC(C)c1cccc2[nH]c3ccccc3c12.CCC(C)c1cccc2c1sc1ccccc12.CO.CO.CO.CO.CO.CO.CO. The van der Waals surface area contributed by atoms with Crippen LogP contribution in [-0.2, 0) is 9.59 Å². The minimum atomic E-state index is -0.407. The van der Waals surface area contributed by atoms with E-state index in [1.54, 1.807) is 18.4 Å². The van der Waals surface area contributed by atoms with Gasteiger partial charge >= 0.3 is 5.97 Å². The standard InChI is InChI=1S/C16H17N.C16H16O.C16H16S.C12H17NO.C12H16O2.C12H14O.C12H14S.7CH4O/c1-3-11(2)12-8-6-10-15-16(12)13-7-4-5-9-14(13)17-15;1-3-11(2)12-8-9-14-13-6-4-5-7-15(13)17-16(14)10-12;1-3-11(2)12-8-6-9-14-13-7-4-5-10-15(13)17-16(12)14;1-4-12(2,3)11(14)13-10-8-6-5-7-9-10;1-4-12(2,3)11(13)14-10-8-6-5-7-9-10;1-3-9(2)11-5-4-10-6-7-13-12(10)8-11;1-3-9(2)10-4-5-12-11(8-10)6-7-13-12;7*1-2/h4-11,17H,3H2,1-2H3;2*4-11H,3H2,1-2H3;5-9H,4H2,1-3H3,(H,13,14);5-9H,4H2,1-3H3;2*4-9H,3H2,1-2H3;7*2H,1H3. The van der Waals surface area contributed by atoms with Gasteiger partial charge in [-0.1, -0.05) is 255 Å². The number of hydrogen-bond acceptors (Lipinski definition) is 14. The molecule has 0 spiro atoms. The van der Waals surface area contributed by atoms with Crippen molar-refractivity contribution in [1.29, 1.82) is 0 Å². The number of rotatable bonds is 16. The van der Waals surface area contributed by atoms with Crippen LogP contribution in [0.4, 0.5) is 5.69 Å². The molecular formula is C103H138N2O12S2. The number of furan rings is 2. The molecule has 0 radical (unpaired) electrons. The Morgan fingerprint density at radius 1 is 0.403 bits per heavy atom. The number of para-hydroxylation sites is 4. The first-order valence-electron chi connectivity index (χ1n) is 41.2. The lowest BCUT2D eigenvalue weighted by Crippen LogP contribution is -2.29. The van der Waals surface area contributed by atoms with Gasteiger partial charge in [-0.2, -0.15) is 0 Å². The number of aliphatic hydroxyl groups is 7. The number of aliphatic hydroxyl groups excluding tert-OH is 7. The molecule has 15 rings (SSSR count). The second kappa shape index (κ2) is 57.4. The van der Waals surface area contributed by atoms with Gasteiger partial charge in [-0.3, -0.25) is 9.59 Å². The Bertz CT molecular complexity index is 5080. The van der Waals surface area contributed by atoms with E-state index in [1.807, 2.05) is 131 Å². The molecule has 0 fully saturated rings. The molecule has 5 heterocycles. The number of carbonyl (C=O) groups excluding carboxylic acids is 2. The summed E-state index contributed by atoms with van der Waals surface area (Å²) in [4.78, 5) is 26.9. The molecule has 0 aliphatic rings. The Balaban J connectivity index is 0.000000460. The van der Waals surface area contributed by atoms with Crippen molar-refractivity contribution in [3.8, 4) is 5.75 Å². The van der Waals surface area contributed by atoms with Crippen LogP contribution in [0.3, 0.4) is 0 Å². The summed E-state index contributed by atoms with van der Waals surface area (Å²) in [6.07, 6.45) is 9.29. The molecule has 5 atom stereocenters. The van der Waals surface area contributed by atoms with E-state index < -0.39 is 5.41 Å². The van der Waals surface area contributed by atoms with Gasteiger partial charge in [-0.25, -0.2) is 0 Å². The van der Waals surface area contributed by atoms with Gasteiger partial charge in [0.1, 0.15) is 22.5 Å². The fourth-order valence-electron chi connectivity index (χ4n) is 12.1. The Morgan fingerprint density at radius 2 is 0.866 bits per heavy atom. The molecule has 0 aliphatic carbocycles. The predicted octanol–water partition coefficient (Wildman–Crippen LogP) is 27.2. The molecule has 15 aromatic rings. The quantitative estimate of drug-likeness (QED) is 0.0324. The van der Waals surface area contributed by atoms with Crippen LogP contribution >= 0.6 is 22.7 Å². The molecule has 16 heteroatoms. The van der Waals surface area contributed by atoms with Gasteiger partial charge in [-0.15, -0.1) is 22.7 Å². The minimum absolute atomic E-state index is 0.0752. The summed E-state index contributed by atoms with van der Waals surface area (Å²) in [7, 11) is 7.00. The first-order valence-corrected chi connectivity index (χ1v) is 42.9. The van der Waals surface area contributed by atoms with Crippen LogP contribution in [0.15, 0.2) is 257 Å². The van der Waals surface area contributed by atoms with Crippen LogP contribution in [-0.4, -0.2) is 102 Å². The number of carbonyl (C=O) groups is 2. The van der Waals surface area contributed by atoms with Crippen molar-refractivity contribution in [3.05, 3.63) is 276 Å². The van der Waals surface area contributed by atoms with Crippen molar-refractivity contribution >= 4 is 125 Å². The predicted molar refractivity (Wildman–Crippen MR) is 513 cm³/mol. The number of thiophene rings is 2. The Kier molecular flexibility index (Phi) is 50.7. The maximum absolute atomic E-state index is 11.8. The van der Waals surface area contributed by atoms with Crippen LogP contribution in [0.2, 0.25) is 0 Å². The van der Waals surface area contributed by atoms with Crippen LogP contribution in [0.25, 0.3) is 85.0 Å². The van der Waals surface area contributed by atoms with Crippen LogP contribution in [0.5, 0.6) is 5.75 Å². The molecule has 0 saturated carbocycles. The third-order valence-electron chi connectivity index (χ3n) is 21.1. The highest BCUT2D eigenvalue weighted by Crippen LogP contribution is 2.40. The summed E-state index contributed by atoms with van der Waals surface area (Å²) >= 11 is 3.75. The second-order valence-corrected chi connectivity index (χ2v) is 31.1. The van der Waals surface area contributed by atoms with Crippen molar-refractivity contribution in [3.63, 3.8) is 0 Å². The first kappa shape index (κ1) is 105. The van der Waals surface area contributed by atoms with Crippen LogP contribution in [0.1, 0.15) is 213 Å². The highest BCUT2D eigenvalue weighted by Gasteiger charge is 2.28. The zero-order chi connectivity index (χ0) is 89.2. The monoisotopic (exact) mass is 1660 g/mol. The van der Waals surface area contributed by atoms with Gasteiger partial charge < -0.3 is 59.6 Å². The number of anilines is 1. The van der Waals surface area contributed by atoms with Crippen molar-refractivity contribution in [1.82, 2.24) is 4.98 Å². The Labute approximate surface area is 717 Å². The van der Waals surface area contributed by atoms with E-state index in [0.717, 1.165) is 91.5 Å². The number of esters is 1. The van der Waals surface area contributed by atoms with Gasteiger partial charge in [0.25, 0.3) is 0 Å². The summed E-state index contributed by atoms with van der Waals surface area (Å²) in [6.45, 7) is 34.2. The minimum Gasteiger partial charge on any atom is -0.464 e. The second-order valence-electron chi connectivity index (χ2n) is 29.1. The Morgan fingerprint density at radius 3 is 1.45 bits per heavy atom. The highest BCUT2D eigenvalue weighted by molar-refractivity contribution is 7.26. The van der Waals surface area contributed by atoms with E-state index in [2.05, 4.69) is 243 Å². The number of fused-ring (bicyclic) bond motifs is 11. The lowest BCUT2D eigenvalue weighted by Gasteiger charge is -2.21. The molecule has 119 heavy (non-hydrogen) atoms. The van der Waals surface area contributed by atoms with E-state index >= 15 is 0 Å². The van der Waals surface area contributed by atoms with Crippen molar-refractivity contribution in [2.45, 2.75) is 185 Å². The zero-order valence-corrected chi connectivity index (χ0v) is 76.6. The number of H-pyrrole nitrogens is 1. The molecule has 0 bridgehead atoms. The largest absolute Gasteiger partial charge is 0.464 e. The van der Waals surface area contributed by atoms with E-state index in [4.69, 9.17) is 49.3 Å². The van der Waals surface area contributed by atoms with Gasteiger partial charge in [0, 0.05) is 124 Å². The van der Waals surface area contributed by atoms with Gasteiger partial charge in [-0.05, 0) is 206 Å². The Hall–Kier alpha value is -9.82. The first-order chi connectivity index (χ1) is 57.6. The molecule has 10 aromatic carbocycles. The van der Waals surface area contributed by atoms with Crippen LogP contribution in [0, 0.1) is 10.8 Å². The molecule has 0 aliphatic heterocycles. The lowest BCUT2D eigenvalue weighted by molar-refractivity contribution is -0.144. The number of ether oxygens (including phenoxy) is 1. The molecular weight excluding hydrogens is 1520 g/mol. The number of benzene rings is 10. The van der Waals surface area contributed by atoms with Crippen molar-refractivity contribution in [2.75, 3.05) is 55.1 Å².